The molecular weight excluding hydrogens is 270 g/mol. The van der Waals surface area contributed by atoms with Crippen molar-refractivity contribution < 1.29 is 5.11 Å². The number of anilines is 3. The van der Waals surface area contributed by atoms with Crippen molar-refractivity contribution in [3.05, 3.63) is 0 Å². The Kier molecular flexibility index (Phi) is 5.13. The summed E-state index contributed by atoms with van der Waals surface area (Å²) in [4.78, 5) is 15.1. The van der Waals surface area contributed by atoms with Crippen molar-refractivity contribution in [2.75, 3.05) is 41.9 Å². The largest absolute Gasteiger partial charge is 0.396 e. The molecule has 1 aromatic heterocycles. The van der Waals surface area contributed by atoms with E-state index < -0.39 is 0 Å². The molecule has 0 saturated carbocycles. The number of nitrogens with one attached hydrogen (secondary N) is 2. The monoisotopic (exact) mass is 295 g/mol. The van der Waals surface area contributed by atoms with E-state index in [1.807, 2.05) is 0 Å². The minimum atomic E-state index is -0.0362. The topological polar surface area (TPSA) is 112 Å². The van der Waals surface area contributed by atoms with Crippen molar-refractivity contribution in [2.45, 2.75) is 33.1 Å². The van der Waals surface area contributed by atoms with Crippen LogP contribution < -0.4 is 21.5 Å². The Bertz CT molecular complexity index is 460. The first-order valence-corrected chi connectivity index (χ1v) is 7.36. The molecule has 8 heteroatoms. The number of nitrogen functional groups attached to an aromatic ring is 1. The van der Waals surface area contributed by atoms with Crippen LogP contribution in [-0.2, 0) is 0 Å². The molecule has 118 valence electrons. The molecule has 0 radical (unpaired) electrons. The molecule has 1 aliphatic heterocycles. The van der Waals surface area contributed by atoms with Gasteiger partial charge in [-0.15, -0.1) is 0 Å². The lowest BCUT2D eigenvalue weighted by Gasteiger charge is -2.24. The first-order chi connectivity index (χ1) is 10.0. The van der Waals surface area contributed by atoms with Crippen molar-refractivity contribution in [3.8, 4) is 0 Å². The molecule has 0 aromatic carbocycles. The van der Waals surface area contributed by atoms with Gasteiger partial charge in [0, 0.05) is 26.2 Å². The van der Waals surface area contributed by atoms with Crippen LogP contribution in [0.1, 0.15) is 33.1 Å². The zero-order valence-electron chi connectivity index (χ0n) is 12.8. The van der Waals surface area contributed by atoms with E-state index in [0.29, 0.717) is 30.8 Å². The molecule has 0 amide bonds. The number of hydrogen-bond acceptors (Lipinski definition) is 8. The summed E-state index contributed by atoms with van der Waals surface area (Å²) >= 11 is 0. The van der Waals surface area contributed by atoms with Gasteiger partial charge in [-0.05, 0) is 24.7 Å². The molecule has 1 fully saturated rings. The van der Waals surface area contributed by atoms with Crippen LogP contribution in [0.15, 0.2) is 0 Å². The van der Waals surface area contributed by atoms with E-state index in [9.17, 15) is 0 Å². The number of aromatic nitrogens is 3. The molecule has 2 heterocycles. The van der Waals surface area contributed by atoms with E-state index in [4.69, 9.17) is 10.9 Å². The average molecular weight is 295 g/mol. The molecule has 8 nitrogen and oxygen atoms in total. The third kappa shape index (κ3) is 4.40. The molecular formula is C13H25N7O. The number of aliphatic hydroxyl groups is 1. The summed E-state index contributed by atoms with van der Waals surface area (Å²) in [5.41, 5.74) is 2.45. The number of hydrazine groups is 1. The van der Waals surface area contributed by atoms with Gasteiger partial charge in [-0.25, -0.2) is 5.84 Å². The van der Waals surface area contributed by atoms with Crippen LogP contribution in [-0.4, -0.2) is 46.3 Å². The summed E-state index contributed by atoms with van der Waals surface area (Å²) in [6.45, 7) is 6.93. The van der Waals surface area contributed by atoms with E-state index in [0.717, 1.165) is 25.9 Å². The number of rotatable bonds is 7. The zero-order valence-corrected chi connectivity index (χ0v) is 12.8. The fourth-order valence-corrected chi connectivity index (χ4v) is 2.28. The van der Waals surface area contributed by atoms with Gasteiger partial charge in [0.05, 0.1) is 0 Å². The maximum Gasteiger partial charge on any atom is 0.243 e. The van der Waals surface area contributed by atoms with Gasteiger partial charge in [-0.2, -0.15) is 15.0 Å². The summed E-state index contributed by atoms with van der Waals surface area (Å²) < 4.78 is 0. The zero-order chi connectivity index (χ0) is 15.3. The van der Waals surface area contributed by atoms with Crippen molar-refractivity contribution >= 4 is 17.8 Å². The van der Waals surface area contributed by atoms with Gasteiger partial charge in [-0.3, -0.25) is 5.43 Å². The molecule has 5 N–H and O–H groups in total. The van der Waals surface area contributed by atoms with Crippen LogP contribution >= 0.6 is 0 Å². The Morgan fingerprint density at radius 1 is 1.19 bits per heavy atom. The number of hydrogen-bond donors (Lipinski definition) is 4. The van der Waals surface area contributed by atoms with Gasteiger partial charge < -0.3 is 15.3 Å². The molecule has 1 saturated heterocycles. The van der Waals surface area contributed by atoms with E-state index in [2.05, 4.69) is 44.4 Å². The average Bonchev–Trinajstić information content (AvgIpc) is 2.99. The number of aliphatic hydroxyl groups excluding tert-OH is 1. The summed E-state index contributed by atoms with van der Waals surface area (Å²) in [7, 11) is 0. The van der Waals surface area contributed by atoms with E-state index >= 15 is 0 Å². The highest BCUT2D eigenvalue weighted by Gasteiger charge is 2.20. The standard InChI is InChI=1S/C13H25N7O/c1-13(2,5-8-21)9-15-10-16-11(19-14)18-12(17-10)20-6-3-4-7-20/h21H,3-9,14H2,1-2H3,(H2,15,16,17,18,19). The molecule has 0 unspecified atom stereocenters. The second-order valence-corrected chi connectivity index (χ2v) is 6.11. The van der Waals surface area contributed by atoms with Crippen molar-refractivity contribution in [3.63, 3.8) is 0 Å². The van der Waals surface area contributed by atoms with Crippen LogP contribution in [0.25, 0.3) is 0 Å². The highest BCUT2D eigenvalue weighted by Crippen LogP contribution is 2.22. The molecule has 1 aliphatic rings. The lowest BCUT2D eigenvalue weighted by molar-refractivity contribution is 0.220. The summed E-state index contributed by atoms with van der Waals surface area (Å²) in [5.74, 6) is 6.95. The summed E-state index contributed by atoms with van der Waals surface area (Å²) in [6.07, 6.45) is 3.03. The fraction of sp³-hybridized carbons (Fsp3) is 0.769. The smallest absolute Gasteiger partial charge is 0.243 e. The second kappa shape index (κ2) is 6.86. The maximum absolute atomic E-state index is 9.07. The minimum absolute atomic E-state index is 0.0362. The highest BCUT2D eigenvalue weighted by molar-refractivity contribution is 5.43. The highest BCUT2D eigenvalue weighted by atomic mass is 16.3. The van der Waals surface area contributed by atoms with Crippen LogP contribution in [0.4, 0.5) is 17.8 Å². The summed E-state index contributed by atoms with van der Waals surface area (Å²) in [5, 5.41) is 12.3. The van der Waals surface area contributed by atoms with Gasteiger partial charge in [0.2, 0.25) is 17.8 Å². The molecule has 2 rings (SSSR count). The Hall–Kier alpha value is -1.67. The SMILES string of the molecule is CC(C)(CCO)CNc1nc(NN)nc(N2CCCC2)n1. The Labute approximate surface area is 125 Å². The fourth-order valence-electron chi connectivity index (χ4n) is 2.28. The van der Waals surface area contributed by atoms with E-state index in [1.54, 1.807) is 0 Å². The predicted molar refractivity (Wildman–Crippen MR) is 83.1 cm³/mol. The normalized spacial score (nSPS) is 15.3. The predicted octanol–water partition coefficient (Wildman–Crippen LogP) is 0.578. The van der Waals surface area contributed by atoms with Crippen LogP contribution in [0, 0.1) is 5.41 Å². The van der Waals surface area contributed by atoms with Crippen LogP contribution in [0.2, 0.25) is 0 Å². The second-order valence-electron chi connectivity index (χ2n) is 6.11. The molecule has 0 aliphatic carbocycles. The van der Waals surface area contributed by atoms with Crippen molar-refractivity contribution in [1.82, 2.24) is 15.0 Å². The van der Waals surface area contributed by atoms with Gasteiger partial charge in [-0.1, -0.05) is 13.8 Å². The van der Waals surface area contributed by atoms with Crippen LogP contribution in [0.3, 0.4) is 0 Å². The Morgan fingerprint density at radius 2 is 1.86 bits per heavy atom. The lowest BCUT2D eigenvalue weighted by Crippen LogP contribution is -2.27. The molecule has 1 aromatic rings. The van der Waals surface area contributed by atoms with Crippen molar-refractivity contribution in [1.29, 1.82) is 0 Å². The molecule has 21 heavy (non-hydrogen) atoms. The van der Waals surface area contributed by atoms with Gasteiger partial charge in [0.15, 0.2) is 0 Å². The first kappa shape index (κ1) is 15.7. The molecule has 0 bridgehead atoms. The van der Waals surface area contributed by atoms with Gasteiger partial charge >= 0.3 is 0 Å². The lowest BCUT2D eigenvalue weighted by atomic mass is 9.90. The van der Waals surface area contributed by atoms with Crippen LogP contribution in [0.5, 0.6) is 0 Å². The maximum atomic E-state index is 9.07. The quantitative estimate of drug-likeness (QED) is 0.427. The Balaban J connectivity index is 2.09. The Morgan fingerprint density at radius 3 is 2.48 bits per heavy atom. The summed E-state index contributed by atoms with van der Waals surface area (Å²) in [6, 6.07) is 0. The number of nitrogens with zero attached hydrogens (tertiary/aromatic N) is 4. The van der Waals surface area contributed by atoms with Gasteiger partial charge in [0.1, 0.15) is 0 Å². The molecule has 0 spiro atoms. The number of nitrogens with two attached hydrogens (primary N) is 1. The van der Waals surface area contributed by atoms with E-state index in [1.165, 1.54) is 0 Å². The van der Waals surface area contributed by atoms with Crippen molar-refractivity contribution in [2.24, 2.45) is 11.3 Å². The first-order valence-electron chi connectivity index (χ1n) is 7.36. The third-order valence-corrected chi connectivity index (χ3v) is 3.66. The van der Waals surface area contributed by atoms with E-state index in [-0.39, 0.29) is 12.0 Å². The minimum Gasteiger partial charge on any atom is -0.396 e. The molecule has 0 atom stereocenters. The van der Waals surface area contributed by atoms with Gasteiger partial charge in [0.25, 0.3) is 0 Å². The third-order valence-electron chi connectivity index (χ3n) is 3.66.